The van der Waals surface area contributed by atoms with Crippen LogP contribution in [0.3, 0.4) is 0 Å². The lowest BCUT2D eigenvalue weighted by atomic mass is 10.0. The molecule has 0 unspecified atom stereocenters. The van der Waals surface area contributed by atoms with E-state index in [-0.39, 0.29) is 5.91 Å². The topological polar surface area (TPSA) is 68.0 Å². The summed E-state index contributed by atoms with van der Waals surface area (Å²) in [6.45, 7) is 2.44. The van der Waals surface area contributed by atoms with Crippen molar-refractivity contribution in [2.45, 2.75) is 0 Å². The average Bonchev–Trinajstić information content (AvgIpc) is 3.19. The first kappa shape index (κ1) is 15.5. The van der Waals surface area contributed by atoms with Crippen LogP contribution >= 0.6 is 0 Å². The van der Waals surface area contributed by atoms with Gasteiger partial charge in [0.05, 0.1) is 13.2 Å². The summed E-state index contributed by atoms with van der Waals surface area (Å²) in [4.78, 5) is 14.5. The van der Waals surface area contributed by atoms with Crippen molar-refractivity contribution in [2.75, 3.05) is 26.3 Å². The van der Waals surface area contributed by atoms with Crippen LogP contribution in [0.1, 0.15) is 21.5 Å². The van der Waals surface area contributed by atoms with Crippen molar-refractivity contribution in [3.05, 3.63) is 71.3 Å². The Hall–Kier alpha value is -2.99. The second-order valence-corrected chi connectivity index (χ2v) is 5.89. The maximum absolute atomic E-state index is 12.7. The van der Waals surface area contributed by atoms with E-state index in [1.807, 2.05) is 59.5 Å². The van der Waals surface area contributed by atoms with E-state index in [1.165, 1.54) is 0 Å². The molecule has 2 aromatic rings. The molecule has 4 rings (SSSR count). The third-order valence-corrected chi connectivity index (χ3v) is 4.29. The van der Waals surface area contributed by atoms with Gasteiger partial charge in [0.1, 0.15) is 10.8 Å². The van der Waals surface area contributed by atoms with Crippen molar-refractivity contribution in [1.82, 2.24) is 15.5 Å². The van der Waals surface area contributed by atoms with Crippen LogP contribution in [0.25, 0.3) is 11.4 Å². The molecule has 0 saturated carbocycles. The molecule has 1 fully saturated rings. The van der Waals surface area contributed by atoms with E-state index in [0.29, 0.717) is 31.9 Å². The largest absolute Gasteiger partial charge is 0.378 e. The number of amides is 1. The van der Waals surface area contributed by atoms with Gasteiger partial charge in [0.15, 0.2) is 5.70 Å². The summed E-state index contributed by atoms with van der Waals surface area (Å²) in [6, 6.07) is 17.4. The molecule has 0 aromatic heterocycles. The summed E-state index contributed by atoms with van der Waals surface area (Å²) in [6.07, 6.45) is 0. The smallest absolute Gasteiger partial charge is 0.331 e. The van der Waals surface area contributed by atoms with E-state index in [4.69, 9.17) is 4.74 Å². The maximum atomic E-state index is 12.7. The fourth-order valence-corrected chi connectivity index (χ4v) is 2.98. The molecule has 1 radical (unpaired) electrons. The van der Waals surface area contributed by atoms with Gasteiger partial charge in [-0.25, -0.2) is 0 Å². The van der Waals surface area contributed by atoms with Crippen LogP contribution in [0.2, 0.25) is 0 Å². The van der Waals surface area contributed by atoms with Crippen LogP contribution in [0.4, 0.5) is 0 Å². The molecule has 125 valence electrons. The lowest BCUT2D eigenvalue weighted by Crippen LogP contribution is -2.40. The van der Waals surface area contributed by atoms with E-state index in [0.717, 1.165) is 22.5 Å². The molecule has 1 N–H and O–H groups in total. The Morgan fingerprint density at radius 2 is 1.80 bits per heavy atom. The van der Waals surface area contributed by atoms with Gasteiger partial charge in [0.25, 0.3) is 5.91 Å². The summed E-state index contributed by atoms with van der Waals surface area (Å²) in [7, 11) is 0. The Labute approximate surface area is 145 Å². The van der Waals surface area contributed by atoms with Crippen molar-refractivity contribution in [3.8, 4) is 0 Å². The highest BCUT2D eigenvalue weighted by molar-refractivity contribution is 5.97. The SMILES string of the molecule is O=C(c1cccc(C2=C(c3ccccc3)N=[N+]N2)c1)N1CCOCC1. The van der Waals surface area contributed by atoms with Gasteiger partial charge in [0.2, 0.25) is 0 Å². The monoisotopic (exact) mass is 334 g/mol. The predicted octanol–water partition coefficient (Wildman–Crippen LogP) is 2.29. The van der Waals surface area contributed by atoms with Gasteiger partial charge in [-0.3, -0.25) is 4.79 Å². The summed E-state index contributed by atoms with van der Waals surface area (Å²) >= 11 is 0. The minimum Gasteiger partial charge on any atom is -0.378 e. The van der Waals surface area contributed by atoms with Crippen LogP contribution in [0, 0.1) is 0 Å². The number of hydrogen-bond acceptors (Lipinski definition) is 5. The van der Waals surface area contributed by atoms with E-state index < -0.39 is 0 Å². The number of morpholine rings is 1. The molecule has 2 aliphatic heterocycles. The van der Waals surface area contributed by atoms with Crippen molar-refractivity contribution in [2.24, 2.45) is 5.11 Å². The normalized spacial score (nSPS) is 16.9. The van der Waals surface area contributed by atoms with Crippen LogP contribution in [0.5, 0.6) is 0 Å². The van der Waals surface area contributed by atoms with Crippen molar-refractivity contribution in [1.29, 1.82) is 0 Å². The summed E-state index contributed by atoms with van der Waals surface area (Å²) in [5, 5.41) is 8.16. The molecule has 0 aliphatic carbocycles. The molecule has 0 bridgehead atoms. The number of nitrogens with zero attached hydrogens (tertiary/aromatic N) is 3. The van der Waals surface area contributed by atoms with Crippen LogP contribution in [-0.2, 0) is 4.74 Å². The molecule has 25 heavy (non-hydrogen) atoms. The van der Waals surface area contributed by atoms with Crippen molar-refractivity contribution < 1.29 is 9.53 Å². The summed E-state index contributed by atoms with van der Waals surface area (Å²) < 4.78 is 5.32. The quantitative estimate of drug-likeness (QED) is 0.936. The standard InChI is InChI=1S/C19H18N4O2/c24-19(23-9-11-25-12-10-23)16-8-4-7-15(13-16)18-17(20-22-21-18)14-5-2-1-3-6-14/h1-8,13H,9-12H2,(H,20,21)/q+1. The highest BCUT2D eigenvalue weighted by Crippen LogP contribution is 2.28. The van der Waals surface area contributed by atoms with Gasteiger partial charge in [-0.15, -0.1) is 0 Å². The number of ether oxygens (including phenoxy) is 1. The molecule has 6 nitrogen and oxygen atoms in total. The zero-order valence-electron chi connectivity index (χ0n) is 13.7. The first-order valence-electron chi connectivity index (χ1n) is 8.27. The average molecular weight is 334 g/mol. The first-order valence-corrected chi connectivity index (χ1v) is 8.27. The minimum atomic E-state index is 0.0267. The van der Waals surface area contributed by atoms with E-state index in [9.17, 15) is 4.79 Å². The minimum absolute atomic E-state index is 0.0267. The zero-order chi connectivity index (χ0) is 17.1. The molecule has 0 spiro atoms. The molecular formula is C19H18N4O2+. The molecule has 0 atom stereocenters. The third kappa shape index (κ3) is 3.16. The predicted molar refractivity (Wildman–Crippen MR) is 94.1 cm³/mol. The molecule has 2 aromatic carbocycles. The third-order valence-electron chi connectivity index (χ3n) is 4.29. The number of rotatable bonds is 3. The highest BCUT2D eigenvalue weighted by Gasteiger charge is 2.26. The van der Waals surface area contributed by atoms with Gasteiger partial charge in [0, 0.05) is 29.8 Å². The van der Waals surface area contributed by atoms with Crippen molar-refractivity contribution >= 4 is 17.3 Å². The second-order valence-electron chi connectivity index (χ2n) is 5.89. The Kier molecular flexibility index (Phi) is 4.26. The highest BCUT2D eigenvalue weighted by atomic mass is 16.5. The fraction of sp³-hybridized carbons (Fsp3) is 0.211. The lowest BCUT2D eigenvalue weighted by Gasteiger charge is -2.27. The molecule has 2 aliphatic rings. The van der Waals surface area contributed by atoms with Gasteiger partial charge in [-0.1, -0.05) is 47.9 Å². The number of carbonyl (C=O) groups excluding carboxylic acids is 1. The molecule has 2 heterocycles. The number of nitrogens with one attached hydrogen (secondary N) is 1. The first-order chi connectivity index (χ1) is 12.3. The van der Waals surface area contributed by atoms with Gasteiger partial charge < -0.3 is 9.64 Å². The van der Waals surface area contributed by atoms with Gasteiger partial charge >= 0.3 is 5.22 Å². The van der Waals surface area contributed by atoms with E-state index in [1.54, 1.807) is 0 Å². The van der Waals surface area contributed by atoms with Crippen LogP contribution < -0.4 is 10.6 Å². The molecule has 1 amide bonds. The van der Waals surface area contributed by atoms with Crippen LogP contribution in [-0.4, -0.2) is 37.1 Å². The lowest BCUT2D eigenvalue weighted by molar-refractivity contribution is 0.0303. The van der Waals surface area contributed by atoms with E-state index >= 15 is 0 Å². The van der Waals surface area contributed by atoms with Gasteiger partial charge in [-0.2, -0.15) is 0 Å². The van der Waals surface area contributed by atoms with E-state index in [2.05, 4.69) is 15.8 Å². The molecule has 6 heteroatoms. The molecule has 1 saturated heterocycles. The Morgan fingerprint density at radius 1 is 1.04 bits per heavy atom. The Balaban J connectivity index is 1.66. The fourth-order valence-electron chi connectivity index (χ4n) is 2.98. The maximum Gasteiger partial charge on any atom is 0.331 e. The number of hydrogen-bond donors (Lipinski definition) is 1. The summed E-state index contributed by atoms with van der Waals surface area (Å²) in [5.41, 5.74) is 7.08. The van der Waals surface area contributed by atoms with Crippen molar-refractivity contribution in [3.63, 3.8) is 0 Å². The van der Waals surface area contributed by atoms with Crippen LogP contribution in [0.15, 0.2) is 59.7 Å². The number of carbonyl (C=O) groups is 1. The zero-order valence-corrected chi connectivity index (χ0v) is 13.7. The van der Waals surface area contributed by atoms with Gasteiger partial charge in [-0.05, 0) is 12.1 Å². The Morgan fingerprint density at radius 3 is 2.60 bits per heavy atom. The second kappa shape index (κ2) is 6.86. The number of benzene rings is 2. The summed E-state index contributed by atoms with van der Waals surface area (Å²) in [5.74, 6) is 0.0267. The molecular weight excluding hydrogens is 316 g/mol. The Bertz CT molecular complexity index is 840.